The van der Waals surface area contributed by atoms with E-state index in [1.54, 1.807) is 0 Å². The predicted octanol–water partition coefficient (Wildman–Crippen LogP) is 4.24. The van der Waals surface area contributed by atoms with Gasteiger partial charge in [-0.05, 0) is 49.4 Å². The van der Waals surface area contributed by atoms with Crippen LogP contribution in [0.25, 0.3) is 0 Å². The molecule has 2 rings (SSSR count). The minimum Gasteiger partial charge on any atom is -0.374 e. The molecule has 1 N–H and O–H groups in total. The average molecular weight is 302 g/mol. The fraction of sp³-hybridized carbons (Fsp3) is 0.444. The van der Waals surface area contributed by atoms with Gasteiger partial charge in [0.05, 0.1) is 0 Å². The lowest BCUT2D eigenvalue weighted by Gasteiger charge is -2.23. The van der Waals surface area contributed by atoms with Gasteiger partial charge in [-0.1, -0.05) is 30.7 Å². The minimum absolute atomic E-state index is 0.953. The molecule has 0 saturated heterocycles. The zero-order valence-corrected chi connectivity index (χ0v) is 14.2. The molecule has 0 fully saturated rings. The van der Waals surface area contributed by atoms with Crippen molar-refractivity contribution < 1.29 is 0 Å². The highest BCUT2D eigenvalue weighted by atomic mass is 32.1. The quantitative estimate of drug-likeness (QED) is 0.734. The van der Waals surface area contributed by atoms with Gasteiger partial charge in [0.15, 0.2) is 0 Å². The van der Waals surface area contributed by atoms with Crippen molar-refractivity contribution in [2.75, 3.05) is 25.0 Å². The molecule has 0 spiro atoms. The molecule has 0 bridgehead atoms. The maximum atomic E-state index is 3.52. The Balaban J connectivity index is 2.02. The van der Waals surface area contributed by atoms with Crippen molar-refractivity contribution in [1.82, 2.24) is 5.32 Å². The van der Waals surface area contributed by atoms with Gasteiger partial charge in [0.2, 0.25) is 0 Å². The molecule has 0 saturated carbocycles. The lowest BCUT2D eigenvalue weighted by Crippen LogP contribution is -2.23. The largest absolute Gasteiger partial charge is 0.374 e. The van der Waals surface area contributed by atoms with Gasteiger partial charge in [-0.2, -0.15) is 0 Å². The van der Waals surface area contributed by atoms with E-state index >= 15 is 0 Å². The van der Waals surface area contributed by atoms with Crippen molar-refractivity contribution in [2.24, 2.45) is 0 Å². The van der Waals surface area contributed by atoms with Crippen molar-refractivity contribution in [3.8, 4) is 0 Å². The molecule has 2 nitrogen and oxygen atoms in total. The summed E-state index contributed by atoms with van der Waals surface area (Å²) in [4.78, 5) is 3.84. The Kier molecular flexibility index (Phi) is 6.27. The normalized spacial score (nSPS) is 10.8. The van der Waals surface area contributed by atoms with Crippen LogP contribution in [0, 0.1) is 6.92 Å². The molecule has 0 atom stereocenters. The van der Waals surface area contributed by atoms with E-state index in [-0.39, 0.29) is 0 Å². The highest BCUT2D eigenvalue weighted by Gasteiger charge is 2.08. The zero-order chi connectivity index (χ0) is 15.1. The summed E-state index contributed by atoms with van der Waals surface area (Å²) in [7, 11) is 2.20. The third-order valence-electron chi connectivity index (χ3n) is 3.66. The van der Waals surface area contributed by atoms with Crippen LogP contribution in [-0.2, 0) is 13.0 Å². The Bertz CT molecular complexity index is 534. The number of aryl methyl sites for hydroxylation is 1. The van der Waals surface area contributed by atoms with Crippen molar-refractivity contribution in [2.45, 2.75) is 33.2 Å². The smallest absolute Gasteiger partial charge is 0.0409 e. The van der Waals surface area contributed by atoms with Crippen LogP contribution >= 0.6 is 11.3 Å². The second-order valence-corrected chi connectivity index (χ2v) is 6.59. The first kappa shape index (κ1) is 16.1. The second-order valence-electron chi connectivity index (χ2n) is 5.56. The summed E-state index contributed by atoms with van der Waals surface area (Å²) in [6.45, 7) is 7.46. The van der Waals surface area contributed by atoms with Gasteiger partial charge in [-0.25, -0.2) is 0 Å². The van der Waals surface area contributed by atoms with Crippen molar-refractivity contribution in [3.05, 3.63) is 51.7 Å². The van der Waals surface area contributed by atoms with Crippen LogP contribution in [-0.4, -0.2) is 20.1 Å². The second kappa shape index (κ2) is 8.20. The molecule has 2 aromatic rings. The summed E-state index contributed by atoms with van der Waals surface area (Å²) in [5, 5.41) is 5.67. The van der Waals surface area contributed by atoms with E-state index in [1.807, 2.05) is 11.3 Å². The molecule has 0 aliphatic carbocycles. The van der Waals surface area contributed by atoms with E-state index in [1.165, 1.54) is 28.1 Å². The van der Waals surface area contributed by atoms with Crippen molar-refractivity contribution in [1.29, 1.82) is 0 Å². The SMILES string of the molecule is CCCNCc1cc(C)ccc1N(C)CCc1cccs1. The third kappa shape index (κ3) is 4.87. The number of benzene rings is 1. The lowest BCUT2D eigenvalue weighted by molar-refractivity contribution is 0.673. The molecule has 0 radical (unpaired) electrons. The van der Waals surface area contributed by atoms with Crippen molar-refractivity contribution >= 4 is 17.0 Å². The summed E-state index contributed by atoms with van der Waals surface area (Å²) in [6.07, 6.45) is 2.29. The Labute approximate surface area is 132 Å². The van der Waals surface area contributed by atoms with Gasteiger partial charge in [-0.3, -0.25) is 0 Å². The van der Waals surface area contributed by atoms with E-state index in [0.29, 0.717) is 0 Å². The number of thiophene rings is 1. The van der Waals surface area contributed by atoms with Gasteiger partial charge in [0.25, 0.3) is 0 Å². The molecular weight excluding hydrogens is 276 g/mol. The van der Waals surface area contributed by atoms with E-state index < -0.39 is 0 Å². The number of likely N-dealkylation sites (N-methyl/N-ethyl adjacent to an activating group) is 1. The molecule has 3 heteroatoms. The summed E-state index contributed by atoms with van der Waals surface area (Å²) in [5.74, 6) is 0. The summed E-state index contributed by atoms with van der Waals surface area (Å²) < 4.78 is 0. The van der Waals surface area contributed by atoms with Crippen LogP contribution in [0.2, 0.25) is 0 Å². The van der Waals surface area contributed by atoms with Gasteiger partial charge >= 0.3 is 0 Å². The molecule has 1 aromatic carbocycles. The molecule has 21 heavy (non-hydrogen) atoms. The molecule has 1 aromatic heterocycles. The number of rotatable bonds is 8. The lowest BCUT2D eigenvalue weighted by atomic mass is 10.1. The van der Waals surface area contributed by atoms with Crippen LogP contribution in [0.3, 0.4) is 0 Å². The Morgan fingerprint density at radius 1 is 1.24 bits per heavy atom. The number of hydrogen-bond donors (Lipinski definition) is 1. The molecule has 1 heterocycles. The monoisotopic (exact) mass is 302 g/mol. The maximum absolute atomic E-state index is 3.52. The first-order chi connectivity index (χ1) is 10.2. The van der Waals surface area contributed by atoms with Crippen LogP contribution < -0.4 is 10.2 Å². The Morgan fingerprint density at radius 2 is 2.10 bits per heavy atom. The van der Waals surface area contributed by atoms with Crippen LogP contribution in [0.4, 0.5) is 5.69 Å². The van der Waals surface area contributed by atoms with Crippen LogP contribution in [0.15, 0.2) is 35.7 Å². The fourth-order valence-electron chi connectivity index (χ4n) is 2.48. The molecule has 0 unspecified atom stereocenters. The molecule has 0 aliphatic rings. The van der Waals surface area contributed by atoms with Gasteiger partial charge < -0.3 is 10.2 Å². The highest BCUT2D eigenvalue weighted by Crippen LogP contribution is 2.22. The number of nitrogens with zero attached hydrogens (tertiary/aromatic N) is 1. The molecule has 0 aliphatic heterocycles. The van der Waals surface area contributed by atoms with E-state index in [0.717, 1.165) is 26.1 Å². The third-order valence-corrected chi connectivity index (χ3v) is 4.60. The predicted molar refractivity (Wildman–Crippen MR) is 94.5 cm³/mol. The van der Waals surface area contributed by atoms with E-state index in [9.17, 15) is 0 Å². The molecule has 114 valence electrons. The van der Waals surface area contributed by atoms with Gasteiger partial charge in [0.1, 0.15) is 0 Å². The number of hydrogen-bond acceptors (Lipinski definition) is 3. The first-order valence-electron chi connectivity index (χ1n) is 7.74. The van der Waals surface area contributed by atoms with Gasteiger partial charge in [-0.15, -0.1) is 11.3 Å². The van der Waals surface area contributed by atoms with E-state index in [2.05, 4.69) is 66.8 Å². The molecule has 0 amide bonds. The average Bonchev–Trinajstić information content (AvgIpc) is 2.98. The minimum atomic E-state index is 0.953. The van der Waals surface area contributed by atoms with E-state index in [4.69, 9.17) is 0 Å². The topological polar surface area (TPSA) is 15.3 Å². The maximum Gasteiger partial charge on any atom is 0.0409 e. The Morgan fingerprint density at radius 3 is 2.81 bits per heavy atom. The molecular formula is C18H26N2S. The van der Waals surface area contributed by atoms with Gasteiger partial charge in [0, 0.05) is 30.7 Å². The number of anilines is 1. The van der Waals surface area contributed by atoms with Crippen molar-refractivity contribution in [3.63, 3.8) is 0 Å². The number of nitrogens with one attached hydrogen (secondary N) is 1. The first-order valence-corrected chi connectivity index (χ1v) is 8.62. The highest BCUT2D eigenvalue weighted by molar-refractivity contribution is 7.09. The van der Waals surface area contributed by atoms with Crippen LogP contribution in [0.5, 0.6) is 0 Å². The summed E-state index contributed by atoms with van der Waals surface area (Å²) >= 11 is 1.84. The summed E-state index contributed by atoms with van der Waals surface area (Å²) in [6, 6.07) is 11.1. The fourth-order valence-corrected chi connectivity index (χ4v) is 3.18. The summed E-state index contributed by atoms with van der Waals surface area (Å²) in [5.41, 5.74) is 4.08. The Hall–Kier alpha value is -1.32. The van der Waals surface area contributed by atoms with Crippen LogP contribution in [0.1, 0.15) is 29.3 Å². The zero-order valence-electron chi connectivity index (χ0n) is 13.4. The standard InChI is InChI=1S/C18H26N2S/c1-4-10-19-14-16-13-15(2)7-8-18(16)20(3)11-9-17-6-5-12-21-17/h5-8,12-13,19H,4,9-11,14H2,1-3H3.